The van der Waals surface area contributed by atoms with Crippen LogP contribution in [-0.4, -0.2) is 43.0 Å². The van der Waals surface area contributed by atoms with Crippen molar-refractivity contribution in [2.45, 2.75) is 45.2 Å². The molecule has 1 N–H and O–H groups in total. The fourth-order valence-corrected chi connectivity index (χ4v) is 4.30. The van der Waals surface area contributed by atoms with Crippen LogP contribution in [0.3, 0.4) is 0 Å². The van der Waals surface area contributed by atoms with Gasteiger partial charge in [-0.3, -0.25) is 9.59 Å². The third-order valence-electron chi connectivity index (χ3n) is 6.02. The maximum Gasteiger partial charge on any atom is 0.243 e. The van der Waals surface area contributed by atoms with Gasteiger partial charge in [0.2, 0.25) is 11.8 Å². The Morgan fingerprint density at radius 3 is 2.29 bits per heavy atom. The van der Waals surface area contributed by atoms with Gasteiger partial charge in [-0.25, -0.2) is 0 Å². The molecule has 0 saturated heterocycles. The van der Waals surface area contributed by atoms with E-state index in [2.05, 4.69) is 5.32 Å². The number of nitrogens with zero attached hydrogens (tertiary/aromatic N) is 1. The maximum absolute atomic E-state index is 13.6. The van der Waals surface area contributed by atoms with Gasteiger partial charge in [0.05, 0.1) is 23.8 Å². The van der Waals surface area contributed by atoms with Crippen molar-refractivity contribution >= 4 is 35.0 Å². The molecule has 0 unspecified atom stereocenters. The Bertz CT molecular complexity index is 1170. The lowest BCUT2D eigenvalue weighted by molar-refractivity contribution is -0.141. The second kappa shape index (κ2) is 15.3. The Balaban J connectivity index is 1.77. The summed E-state index contributed by atoms with van der Waals surface area (Å²) in [6.07, 6.45) is 1.92. The first-order valence-electron chi connectivity index (χ1n) is 12.7. The third-order valence-corrected chi connectivity index (χ3v) is 6.76. The average molecular weight is 558 g/mol. The minimum absolute atomic E-state index is 0.137. The van der Waals surface area contributed by atoms with Crippen molar-refractivity contribution in [1.29, 1.82) is 0 Å². The largest absolute Gasteiger partial charge is 0.497 e. The Morgan fingerprint density at radius 2 is 1.63 bits per heavy atom. The van der Waals surface area contributed by atoms with Gasteiger partial charge in [0.15, 0.2) is 0 Å². The summed E-state index contributed by atoms with van der Waals surface area (Å²) in [5, 5.41) is 3.82. The molecule has 3 aromatic rings. The molecule has 3 aromatic carbocycles. The molecule has 0 fully saturated rings. The molecule has 0 radical (unpaired) electrons. The van der Waals surface area contributed by atoms with Gasteiger partial charge in [0.25, 0.3) is 0 Å². The van der Waals surface area contributed by atoms with E-state index in [1.807, 2.05) is 67.6 Å². The molecule has 2 amide bonds. The highest BCUT2D eigenvalue weighted by atomic mass is 35.5. The van der Waals surface area contributed by atoms with E-state index in [0.717, 1.165) is 23.3 Å². The zero-order chi connectivity index (χ0) is 27.3. The number of benzene rings is 3. The van der Waals surface area contributed by atoms with Crippen LogP contribution in [0.25, 0.3) is 0 Å². The second-order valence-electron chi connectivity index (χ2n) is 8.89. The number of hydrogen-bond acceptors (Lipinski definition) is 4. The van der Waals surface area contributed by atoms with Crippen molar-refractivity contribution in [2.75, 3.05) is 20.3 Å². The third kappa shape index (κ3) is 8.96. The van der Waals surface area contributed by atoms with E-state index in [1.165, 1.54) is 0 Å². The summed E-state index contributed by atoms with van der Waals surface area (Å²) in [7, 11) is 1.61. The maximum atomic E-state index is 13.6. The molecule has 3 rings (SSSR count). The molecule has 0 heterocycles. The van der Waals surface area contributed by atoms with Gasteiger partial charge < -0.3 is 19.7 Å². The lowest BCUT2D eigenvalue weighted by Crippen LogP contribution is -2.50. The van der Waals surface area contributed by atoms with Crippen LogP contribution in [-0.2, 0) is 22.6 Å². The van der Waals surface area contributed by atoms with E-state index >= 15 is 0 Å². The van der Waals surface area contributed by atoms with Gasteiger partial charge in [-0.1, -0.05) is 66.5 Å². The number of nitrogens with one attached hydrogen (secondary N) is 1. The molecular formula is C30H34Cl2N2O4. The van der Waals surface area contributed by atoms with Crippen molar-refractivity contribution < 1.29 is 19.1 Å². The predicted molar refractivity (Wildman–Crippen MR) is 152 cm³/mol. The van der Waals surface area contributed by atoms with Crippen LogP contribution in [0.15, 0.2) is 72.8 Å². The van der Waals surface area contributed by atoms with Crippen molar-refractivity contribution in [3.05, 3.63) is 94.0 Å². The molecule has 0 aromatic heterocycles. The lowest BCUT2D eigenvalue weighted by atomic mass is 10.0. The van der Waals surface area contributed by atoms with Crippen molar-refractivity contribution in [2.24, 2.45) is 0 Å². The van der Waals surface area contributed by atoms with Gasteiger partial charge in [0, 0.05) is 25.9 Å². The first-order chi connectivity index (χ1) is 18.4. The molecule has 1 atom stereocenters. The van der Waals surface area contributed by atoms with Crippen LogP contribution < -0.4 is 14.8 Å². The van der Waals surface area contributed by atoms with Gasteiger partial charge in [-0.15, -0.1) is 0 Å². The Labute approximate surface area is 234 Å². The molecule has 0 aliphatic rings. The van der Waals surface area contributed by atoms with Crippen molar-refractivity contribution in [3.63, 3.8) is 0 Å². The lowest BCUT2D eigenvalue weighted by Gasteiger charge is -2.31. The van der Waals surface area contributed by atoms with Crippen molar-refractivity contribution in [1.82, 2.24) is 10.2 Å². The molecule has 0 aliphatic carbocycles. The minimum atomic E-state index is -0.687. The monoisotopic (exact) mass is 556 g/mol. The molecule has 8 heteroatoms. The van der Waals surface area contributed by atoms with Gasteiger partial charge in [0.1, 0.15) is 17.5 Å². The number of hydrogen-bond donors (Lipinski definition) is 1. The number of ether oxygens (including phenoxy) is 2. The summed E-state index contributed by atoms with van der Waals surface area (Å²) in [4.78, 5) is 28.6. The highest BCUT2D eigenvalue weighted by molar-refractivity contribution is 6.42. The summed E-state index contributed by atoms with van der Waals surface area (Å²) in [5.41, 5.74) is 1.77. The SMILES string of the molecule is CCCNC(=O)[C@@H](Cc1ccccc1)N(Cc1ccc(Cl)c(Cl)c1)C(=O)CCCOc1ccc(OC)cc1. The summed E-state index contributed by atoms with van der Waals surface area (Å²) in [6, 6.07) is 21.6. The van der Waals surface area contributed by atoms with E-state index in [1.54, 1.807) is 24.1 Å². The highest BCUT2D eigenvalue weighted by Crippen LogP contribution is 2.25. The number of amides is 2. The average Bonchev–Trinajstić information content (AvgIpc) is 2.94. The van der Waals surface area contributed by atoms with Crippen LogP contribution in [0.1, 0.15) is 37.3 Å². The van der Waals surface area contributed by atoms with Crippen LogP contribution in [0.4, 0.5) is 0 Å². The van der Waals surface area contributed by atoms with E-state index in [4.69, 9.17) is 32.7 Å². The first-order valence-corrected chi connectivity index (χ1v) is 13.5. The molecule has 0 aliphatic heterocycles. The van der Waals surface area contributed by atoms with Crippen LogP contribution in [0.2, 0.25) is 10.0 Å². The Kier molecular flexibility index (Phi) is 11.8. The summed E-state index contributed by atoms with van der Waals surface area (Å²) in [5.74, 6) is 1.13. The smallest absolute Gasteiger partial charge is 0.243 e. The number of methoxy groups -OCH3 is 1. The van der Waals surface area contributed by atoms with E-state index < -0.39 is 6.04 Å². The number of rotatable bonds is 14. The number of carbonyl (C=O) groups excluding carboxylic acids is 2. The fraction of sp³-hybridized carbons (Fsp3) is 0.333. The van der Waals surface area contributed by atoms with E-state index in [9.17, 15) is 9.59 Å². The van der Waals surface area contributed by atoms with Gasteiger partial charge in [-0.2, -0.15) is 0 Å². The highest BCUT2D eigenvalue weighted by Gasteiger charge is 2.30. The zero-order valence-electron chi connectivity index (χ0n) is 21.8. The molecule has 38 heavy (non-hydrogen) atoms. The molecule has 0 bridgehead atoms. The quantitative estimate of drug-likeness (QED) is 0.236. The molecular weight excluding hydrogens is 523 g/mol. The number of halogens is 2. The molecule has 0 spiro atoms. The van der Waals surface area contributed by atoms with Crippen LogP contribution in [0.5, 0.6) is 11.5 Å². The zero-order valence-corrected chi connectivity index (χ0v) is 23.3. The standard InChI is InChI=1S/C30H34Cl2N2O4/c1-3-17-33-30(36)28(20-22-8-5-4-6-9-22)34(21-23-11-16-26(31)27(32)19-23)29(35)10-7-18-38-25-14-12-24(37-2)13-15-25/h4-6,8-9,11-16,19,28H,3,7,10,17-18,20-21H2,1-2H3,(H,33,36)/t28-/m1/s1. The van der Waals surface area contributed by atoms with Gasteiger partial charge in [-0.05, 0) is 60.4 Å². The summed E-state index contributed by atoms with van der Waals surface area (Å²) >= 11 is 12.4. The van der Waals surface area contributed by atoms with E-state index in [-0.39, 0.29) is 24.8 Å². The second-order valence-corrected chi connectivity index (χ2v) is 9.71. The minimum Gasteiger partial charge on any atom is -0.497 e. The molecule has 6 nitrogen and oxygen atoms in total. The van der Waals surface area contributed by atoms with Crippen LogP contribution in [0, 0.1) is 0 Å². The van der Waals surface area contributed by atoms with E-state index in [0.29, 0.717) is 41.8 Å². The summed E-state index contributed by atoms with van der Waals surface area (Å²) < 4.78 is 11.0. The molecule has 0 saturated carbocycles. The topological polar surface area (TPSA) is 67.9 Å². The van der Waals surface area contributed by atoms with Gasteiger partial charge >= 0.3 is 0 Å². The normalized spacial score (nSPS) is 11.5. The Hall–Kier alpha value is -3.22. The summed E-state index contributed by atoms with van der Waals surface area (Å²) in [6.45, 7) is 3.12. The fourth-order valence-electron chi connectivity index (χ4n) is 3.98. The molecule has 202 valence electrons. The number of carbonyl (C=O) groups is 2. The Morgan fingerprint density at radius 1 is 0.921 bits per heavy atom. The first kappa shape index (κ1) is 29.3. The predicted octanol–water partition coefficient (Wildman–Crippen LogP) is 6.33. The van der Waals surface area contributed by atoms with Crippen LogP contribution >= 0.6 is 23.2 Å². The van der Waals surface area contributed by atoms with Crippen molar-refractivity contribution in [3.8, 4) is 11.5 Å².